The maximum atomic E-state index is 5.52. The van der Waals surface area contributed by atoms with Crippen molar-refractivity contribution in [3.8, 4) is 0 Å². The van der Waals surface area contributed by atoms with Crippen LogP contribution in [0.4, 0.5) is 0 Å². The minimum absolute atomic E-state index is 0.174. The van der Waals surface area contributed by atoms with Crippen LogP contribution in [-0.2, 0) is 6.54 Å². The number of rotatable bonds is 5. The lowest BCUT2D eigenvalue weighted by Gasteiger charge is -2.23. The molecular weight excluding hydrogens is 260 g/mol. The summed E-state index contributed by atoms with van der Waals surface area (Å²) in [5.74, 6) is 2.31. The first kappa shape index (κ1) is 15.9. The van der Waals surface area contributed by atoms with Crippen molar-refractivity contribution in [2.24, 2.45) is 4.99 Å². The van der Waals surface area contributed by atoms with Gasteiger partial charge >= 0.3 is 0 Å². The van der Waals surface area contributed by atoms with Gasteiger partial charge in [0.15, 0.2) is 5.96 Å². The van der Waals surface area contributed by atoms with Gasteiger partial charge in [-0.15, -0.1) is 0 Å². The first-order chi connectivity index (χ1) is 8.88. The van der Waals surface area contributed by atoms with Crippen molar-refractivity contribution >= 4 is 17.7 Å². The lowest BCUT2D eigenvalue weighted by Crippen LogP contribution is -2.43. The number of aryl methyl sites for hydroxylation is 2. The zero-order chi connectivity index (χ0) is 14.5. The van der Waals surface area contributed by atoms with Crippen LogP contribution in [0, 0.1) is 13.8 Å². The molecule has 1 aromatic heterocycles. The largest absolute Gasteiger partial charge is 0.444 e. The van der Waals surface area contributed by atoms with Gasteiger partial charge in [-0.05, 0) is 34.0 Å². The standard InChI is InChI=1S/C13H24N4OS/c1-9-10(2)18-11(17-9)7-15-12(14-5)16-8-13(3,4)19-6/h7-8H2,1-6H3,(H2,14,15,16). The highest BCUT2D eigenvalue weighted by molar-refractivity contribution is 7.99. The molecule has 0 aliphatic carbocycles. The molecule has 1 aromatic rings. The molecule has 0 saturated heterocycles. The van der Waals surface area contributed by atoms with Gasteiger partial charge in [0, 0.05) is 18.3 Å². The van der Waals surface area contributed by atoms with E-state index in [0.717, 1.165) is 24.0 Å². The molecule has 0 aliphatic rings. The second-order valence-corrected chi connectivity index (χ2v) is 6.51. The van der Waals surface area contributed by atoms with Crippen molar-refractivity contribution in [2.45, 2.75) is 39.0 Å². The molecule has 0 amide bonds. The quantitative estimate of drug-likeness (QED) is 0.640. The van der Waals surface area contributed by atoms with E-state index in [4.69, 9.17) is 4.42 Å². The minimum atomic E-state index is 0.174. The van der Waals surface area contributed by atoms with E-state index in [0.29, 0.717) is 12.4 Å². The van der Waals surface area contributed by atoms with Gasteiger partial charge in [0.1, 0.15) is 5.76 Å². The van der Waals surface area contributed by atoms with Gasteiger partial charge in [-0.3, -0.25) is 4.99 Å². The molecule has 19 heavy (non-hydrogen) atoms. The Kier molecular flexibility index (Phi) is 5.72. The highest BCUT2D eigenvalue weighted by Crippen LogP contribution is 2.19. The maximum absolute atomic E-state index is 5.52. The summed E-state index contributed by atoms with van der Waals surface area (Å²) in [6.45, 7) is 9.62. The molecule has 0 saturated carbocycles. The third kappa shape index (κ3) is 5.14. The second-order valence-electron chi connectivity index (χ2n) is 4.99. The number of hydrogen-bond donors (Lipinski definition) is 2. The fraction of sp³-hybridized carbons (Fsp3) is 0.692. The molecular formula is C13H24N4OS. The number of hydrogen-bond acceptors (Lipinski definition) is 4. The van der Waals surface area contributed by atoms with Crippen molar-refractivity contribution in [2.75, 3.05) is 19.8 Å². The van der Waals surface area contributed by atoms with Gasteiger partial charge in [0.25, 0.3) is 0 Å². The summed E-state index contributed by atoms with van der Waals surface area (Å²) in [6.07, 6.45) is 2.11. The Morgan fingerprint density at radius 3 is 2.53 bits per heavy atom. The van der Waals surface area contributed by atoms with Crippen molar-refractivity contribution < 1.29 is 4.42 Å². The van der Waals surface area contributed by atoms with E-state index in [1.54, 1.807) is 7.05 Å². The van der Waals surface area contributed by atoms with E-state index in [2.05, 4.69) is 40.7 Å². The van der Waals surface area contributed by atoms with Crippen LogP contribution >= 0.6 is 11.8 Å². The average Bonchev–Trinajstić information content (AvgIpc) is 2.69. The van der Waals surface area contributed by atoms with Crippen LogP contribution in [0.15, 0.2) is 9.41 Å². The predicted octanol–water partition coefficient (Wildman–Crippen LogP) is 2.10. The Bertz CT molecular complexity index is 420. The smallest absolute Gasteiger partial charge is 0.214 e. The molecule has 0 unspecified atom stereocenters. The molecule has 108 valence electrons. The van der Waals surface area contributed by atoms with E-state index >= 15 is 0 Å². The van der Waals surface area contributed by atoms with Crippen molar-refractivity contribution in [3.05, 3.63) is 17.3 Å². The number of nitrogens with one attached hydrogen (secondary N) is 2. The summed E-state index contributed by atoms with van der Waals surface area (Å²) >= 11 is 1.82. The monoisotopic (exact) mass is 284 g/mol. The van der Waals surface area contributed by atoms with Crippen LogP contribution in [0.25, 0.3) is 0 Å². The minimum Gasteiger partial charge on any atom is -0.444 e. The second kappa shape index (κ2) is 6.84. The van der Waals surface area contributed by atoms with Gasteiger partial charge in [-0.1, -0.05) is 0 Å². The maximum Gasteiger partial charge on any atom is 0.214 e. The number of aliphatic imine (C=N–C) groups is 1. The number of nitrogens with zero attached hydrogens (tertiary/aromatic N) is 2. The Balaban J connectivity index is 2.46. The summed E-state index contributed by atoms with van der Waals surface area (Å²) in [6, 6.07) is 0. The lowest BCUT2D eigenvalue weighted by molar-refractivity contribution is 0.463. The molecule has 0 fully saturated rings. The van der Waals surface area contributed by atoms with Crippen molar-refractivity contribution in [1.82, 2.24) is 15.6 Å². The van der Waals surface area contributed by atoms with E-state index in [9.17, 15) is 0 Å². The Morgan fingerprint density at radius 1 is 1.37 bits per heavy atom. The van der Waals surface area contributed by atoms with Gasteiger partial charge in [-0.25, -0.2) is 4.98 Å². The molecule has 0 radical (unpaired) electrons. The molecule has 1 rings (SSSR count). The summed E-state index contributed by atoms with van der Waals surface area (Å²) < 4.78 is 5.69. The van der Waals surface area contributed by atoms with Crippen LogP contribution in [0.3, 0.4) is 0 Å². The zero-order valence-corrected chi connectivity index (χ0v) is 13.4. The van der Waals surface area contributed by atoms with Crippen LogP contribution in [0.2, 0.25) is 0 Å². The summed E-state index contributed by atoms with van der Waals surface area (Å²) in [7, 11) is 1.76. The molecule has 5 nitrogen and oxygen atoms in total. The van der Waals surface area contributed by atoms with Crippen LogP contribution in [0.1, 0.15) is 31.2 Å². The van der Waals surface area contributed by atoms with E-state index < -0.39 is 0 Å². The number of thioether (sulfide) groups is 1. The first-order valence-corrected chi connectivity index (χ1v) is 7.53. The number of guanidine groups is 1. The van der Waals surface area contributed by atoms with Gasteiger partial charge in [0.2, 0.25) is 5.89 Å². The van der Waals surface area contributed by atoms with Gasteiger partial charge in [-0.2, -0.15) is 11.8 Å². The zero-order valence-electron chi connectivity index (χ0n) is 12.6. The predicted molar refractivity (Wildman–Crippen MR) is 81.8 cm³/mol. The number of oxazole rings is 1. The van der Waals surface area contributed by atoms with Crippen LogP contribution < -0.4 is 10.6 Å². The Hall–Kier alpha value is -1.17. The molecule has 1 heterocycles. The van der Waals surface area contributed by atoms with Crippen LogP contribution in [0.5, 0.6) is 0 Å². The third-order valence-corrected chi connectivity index (χ3v) is 4.19. The Morgan fingerprint density at radius 2 is 2.05 bits per heavy atom. The van der Waals surface area contributed by atoms with Crippen molar-refractivity contribution in [3.63, 3.8) is 0 Å². The van der Waals surface area contributed by atoms with Crippen molar-refractivity contribution in [1.29, 1.82) is 0 Å². The van der Waals surface area contributed by atoms with E-state index in [-0.39, 0.29) is 4.75 Å². The highest BCUT2D eigenvalue weighted by atomic mass is 32.2. The van der Waals surface area contributed by atoms with E-state index in [1.807, 2.05) is 25.6 Å². The molecule has 0 aromatic carbocycles. The normalized spacial score (nSPS) is 12.6. The molecule has 0 atom stereocenters. The topological polar surface area (TPSA) is 62.5 Å². The third-order valence-electron chi connectivity index (χ3n) is 2.94. The molecule has 0 bridgehead atoms. The molecule has 6 heteroatoms. The fourth-order valence-electron chi connectivity index (χ4n) is 1.36. The molecule has 0 spiro atoms. The first-order valence-electron chi connectivity index (χ1n) is 6.30. The fourth-order valence-corrected chi connectivity index (χ4v) is 1.58. The number of aromatic nitrogens is 1. The van der Waals surface area contributed by atoms with Gasteiger partial charge < -0.3 is 15.1 Å². The lowest BCUT2D eigenvalue weighted by atomic mass is 10.2. The summed E-state index contributed by atoms with van der Waals surface area (Å²) in [5.41, 5.74) is 0.934. The van der Waals surface area contributed by atoms with E-state index in [1.165, 1.54) is 0 Å². The summed E-state index contributed by atoms with van der Waals surface area (Å²) in [4.78, 5) is 8.51. The summed E-state index contributed by atoms with van der Waals surface area (Å²) in [5, 5.41) is 6.50. The van der Waals surface area contributed by atoms with Gasteiger partial charge in [0.05, 0.1) is 12.2 Å². The van der Waals surface area contributed by atoms with Crippen LogP contribution in [-0.4, -0.2) is 35.5 Å². The molecule has 2 N–H and O–H groups in total. The SMILES string of the molecule is CN=C(NCc1nc(C)c(C)o1)NCC(C)(C)SC. The average molecular weight is 284 g/mol. The Labute approximate surface area is 119 Å². The molecule has 0 aliphatic heterocycles. The highest BCUT2D eigenvalue weighted by Gasteiger charge is 2.16.